The normalized spacial score (nSPS) is 13.2. The molecule has 130 valence electrons. The van der Waals surface area contributed by atoms with E-state index >= 15 is 0 Å². The molecule has 0 bridgehead atoms. The number of aromatic nitrogens is 3. The zero-order valence-corrected chi connectivity index (χ0v) is 14.2. The van der Waals surface area contributed by atoms with E-state index in [1.807, 2.05) is 30.3 Å². The molecule has 1 amide bonds. The van der Waals surface area contributed by atoms with E-state index in [9.17, 15) is 4.79 Å². The quantitative estimate of drug-likeness (QED) is 0.713. The fourth-order valence-electron chi connectivity index (χ4n) is 2.62. The predicted octanol–water partition coefficient (Wildman–Crippen LogP) is 3.61. The van der Waals surface area contributed by atoms with Crippen LogP contribution in [0.2, 0.25) is 0 Å². The summed E-state index contributed by atoms with van der Waals surface area (Å²) in [4.78, 5) is 25.1. The van der Waals surface area contributed by atoms with Crippen LogP contribution in [0.1, 0.15) is 40.5 Å². The third-order valence-corrected chi connectivity index (χ3v) is 4.24. The van der Waals surface area contributed by atoms with Gasteiger partial charge in [0, 0.05) is 42.3 Å². The van der Waals surface area contributed by atoms with Gasteiger partial charge in [-0.1, -0.05) is 12.1 Å². The van der Waals surface area contributed by atoms with Gasteiger partial charge < -0.3 is 10.6 Å². The molecule has 2 aromatic heterocycles. The fraction of sp³-hybridized carbons (Fsp3) is 0.200. The van der Waals surface area contributed by atoms with Crippen molar-refractivity contribution >= 4 is 17.4 Å². The van der Waals surface area contributed by atoms with Gasteiger partial charge in [-0.05, 0) is 48.7 Å². The zero-order chi connectivity index (χ0) is 17.8. The van der Waals surface area contributed by atoms with Gasteiger partial charge in [0.2, 0.25) is 0 Å². The number of rotatable bonds is 6. The highest BCUT2D eigenvalue weighted by atomic mass is 16.1. The van der Waals surface area contributed by atoms with Gasteiger partial charge >= 0.3 is 0 Å². The van der Waals surface area contributed by atoms with E-state index in [1.165, 1.54) is 12.8 Å². The molecule has 1 aromatic carbocycles. The molecule has 0 atom stereocenters. The monoisotopic (exact) mass is 345 g/mol. The van der Waals surface area contributed by atoms with Gasteiger partial charge in [0.05, 0.1) is 0 Å². The number of pyridine rings is 1. The first kappa shape index (κ1) is 16.2. The van der Waals surface area contributed by atoms with Crippen LogP contribution < -0.4 is 10.6 Å². The number of carbonyl (C=O) groups excluding carboxylic acids is 1. The summed E-state index contributed by atoms with van der Waals surface area (Å²) in [6, 6.07) is 12.9. The highest BCUT2D eigenvalue weighted by molar-refractivity contribution is 6.04. The number of benzene rings is 1. The van der Waals surface area contributed by atoms with Gasteiger partial charge in [-0.15, -0.1) is 0 Å². The lowest BCUT2D eigenvalue weighted by molar-refractivity contribution is 0.102. The molecule has 0 spiro atoms. The van der Waals surface area contributed by atoms with Gasteiger partial charge in [0.15, 0.2) is 0 Å². The van der Waals surface area contributed by atoms with Gasteiger partial charge in [-0.3, -0.25) is 9.78 Å². The minimum atomic E-state index is -0.138. The van der Waals surface area contributed by atoms with E-state index in [-0.39, 0.29) is 5.91 Å². The second kappa shape index (κ2) is 7.31. The van der Waals surface area contributed by atoms with Crippen LogP contribution >= 0.6 is 0 Å². The minimum absolute atomic E-state index is 0.138. The minimum Gasteiger partial charge on any atom is -0.366 e. The topological polar surface area (TPSA) is 79.8 Å². The third kappa shape index (κ3) is 4.03. The van der Waals surface area contributed by atoms with Crippen molar-refractivity contribution in [2.24, 2.45) is 0 Å². The predicted molar refractivity (Wildman–Crippen MR) is 100.0 cm³/mol. The van der Waals surface area contributed by atoms with Crippen molar-refractivity contribution in [3.63, 3.8) is 0 Å². The van der Waals surface area contributed by atoms with E-state index in [0.29, 0.717) is 18.0 Å². The Morgan fingerprint density at radius 2 is 1.77 bits per heavy atom. The summed E-state index contributed by atoms with van der Waals surface area (Å²) in [5.74, 6) is 2.16. The van der Waals surface area contributed by atoms with Crippen LogP contribution in [0.15, 0.2) is 61.1 Å². The highest BCUT2D eigenvalue weighted by Crippen LogP contribution is 2.38. The second-order valence-electron chi connectivity index (χ2n) is 6.31. The maximum absolute atomic E-state index is 12.2. The van der Waals surface area contributed by atoms with Crippen LogP contribution in [0.3, 0.4) is 0 Å². The number of amides is 1. The summed E-state index contributed by atoms with van der Waals surface area (Å²) < 4.78 is 0. The first-order chi connectivity index (χ1) is 12.8. The van der Waals surface area contributed by atoms with Crippen molar-refractivity contribution in [2.75, 3.05) is 10.6 Å². The smallest absolute Gasteiger partial charge is 0.255 e. The molecule has 1 fully saturated rings. The van der Waals surface area contributed by atoms with E-state index < -0.39 is 0 Å². The Labute approximate surface area is 151 Å². The van der Waals surface area contributed by atoms with E-state index in [4.69, 9.17) is 0 Å². The average Bonchev–Trinajstić information content (AvgIpc) is 3.53. The van der Waals surface area contributed by atoms with Gasteiger partial charge in [-0.25, -0.2) is 9.97 Å². The fourth-order valence-corrected chi connectivity index (χ4v) is 2.62. The maximum atomic E-state index is 12.2. The molecule has 4 rings (SSSR count). The number of hydrogen-bond acceptors (Lipinski definition) is 5. The van der Waals surface area contributed by atoms with Crippen molar-refractivity contribution in [1.82, 2.24) is 15.0 Å². The lowest BCUT2D eigenvalue weighted by Crippen LogP contribution is -2.12. The highest BCUT2D eigenvalue weighted by Gasteiger charge is 2.26. The van der Waals surface area contributed by atoms with E-state index in [0.717, 1.165) is 22.9 Å². The molecule has 1 saturated carbocycles. The maximum Gasteiger partial charge on any atom is 0.255 e. The average molecular weight is 345 g/mol. The molecular weight excluding hydrogens is 326 g/mol. The molecule has 3 aromatic rings. The van der Waals surface area contributed by atoms with Gasteiger partial charge in [0.1, 0.15) is 11.6 Å². The Morgan fingerprint density at radius 1 is 1.00 bits per heavy atom. The number of nitrogens with zero attached hydrogens (tertiary/aromatic N) is 3. The Bertz CT molecular complexity index is 892. The van der Waals surface area contributed by atoms with Crippen LogP contribution in [0.4, 0.5) is 11.5 Å². The Hall–Kier alpha value is -3.28. The summed E-state index contributed by atoms with van der Waals surface area (Å²) in [5, 5.41) is 6.16. The first-order valence-electron chi connectivity index (χ1n) is 8.65. The van der Waals surface area contributed by atoms with Crippen molar-refractivity contribution in [1.29, 1.82) is 0 Å². The van der Waals surface area contributed by atoms with Gasteiger partial charge in [-0.2, -0.15) is 0 Å². The summed E-state index contributed by atoms with van der Waals surface area (Å²) in [5.41, 5.74) is 2.42. The van der Waals surface area contributed by atoms with Crippen LogP contribution in [0.25, 0.3) is 0 Å². The van der Waals surface area contributed by atoms with Crippen molar-refractivity contribution in [3.05, 3.63) is 78.0 Å². The zero-order valence-electron chi connectivity index (χ0n) is 14.2. The Balaban J connectivity index is 1.35. The van der Waals surface area contributed by atoms with Crippen molar-refractivity contribution in [2.45, 2.75) is 25.3 Å². The molecule has 2 N–H and O–H groups in total. The van der Waals surface area contributed by atoms with Crippen molar-refractivity contribution in [3.8, 4) is 0 Å². The number of anilines is 2. The number of hydrogen-bond donors (Lipinski definition) is 2. The van der Waals surface area contributed by atoms with Gasteiger partial charge in [0.25, 0.3) is 5.91 Å². The Morgan fingerprint density at radius 3 is 2.50 bits per heavy atom. The molecule has 6 nitrogen and oxygen atoms in total. The standard InChI is InChI=1S/C20H19N5O/c26-20(24-17-7-10-21-11-8-17)16-3-1-14(2-4-16)13-23-18-9-12-22-19(25-18)15-5-6-15/h1-4,7-12,15H,5-6,13H2,(H,21,24,26)(H,22,23,25). The molecule has 2 heterocycles. The van der Waals surface area contributed by atoms with Crippen LogP contribution in [0, 0.1) is 0 Å². The van der Waals surface area contributed by atoms with Crippen LogP contribution in [-0.4, -0.2) is 20.9 Å². The summed E-state index contributed by atoms with van der Waals surface area (Å²) in [6.07, 6.45) is 7.47. The largest absolute Gasteiger partial charge is 0.366 e. The molecular formula is C20H19N5O. The molecule has 1 aliphatic rings. The first-order valence-corrected chi connectivity index (χ1v) is 8.65. The van der Waals surface area contributed by atoms with E-state index in [2.05, 4.69) is 25.6 Å². The molecule has 0 saturated heterocycles. The lowest BCUT2D eigenvalue weighted by Gasteiger charge is -2.08. The van der Waals surface area contributed by atoms with Crippen molar-refractivity contribution < 1.29 is 4.79 Å². The molecule has 0 radical (unpaired) electrons. The summed E-state index contributed by atoms with van der Waals surface area (Å²) in [7, 11) is 0. The van der Waals surface area contributed by atoms with Crippen LogP contribution in [-0.2, 0) is 6.54 Å². The Kier molecular flexibility index (Phi) is 4.55. The second-order valence-corrected chi connectivity index (χ2v) is 6.31. The number of carbonyl (C=O) groups is 1. The summed E-state index contributed by atoms with van der Waals surface area (Å²) in [6.45, 7) is 0.646. The molecule has 26 heavy (non-hydrogen) atoms. The lowest BCUT2D eigenvalue weighted by atomic mass is 10.1. The van der Waals surface area contributed by atoms with E-state index in [1.54, 1.807) is 30.7 Å². The summed E-state index contributed by atoms with van der Waals surface area (Å²) >= 11 is 0. The molecule has 1 aliphatic carbocycles. The molecule has 0 unspecified atom stereocenters. The van der Waals surface area contributed by atoms with Crippen LogP contribution in [0.5, 0.6) is 0 Å². The number of nitrogens with one attached hydrogen (secondary N) is 2. The SMILES string of the molecule is O=C(Nc1ccncc1)c1ccc(CNc2ccnc(C3CC3)n2)cc1. The molecule has 6 heteroatoms. The molecule has 0 aliphatic heterocycles. The third-order valence-electron chi connectivity index (χ3n) is 4.24.